The highest BCUT2D eigenvalue weighted by molar-refractivity contribution is 7.89. The van der Waals surface area contributed by atoms with Gasteiger partial charge in [0.05, 0.1) is 29.2 Å². The second kappa shape index (κ2) is 7.98. The Bertz CT molecular complexity index is 858. The Kier molecular flexibility index (Phi) is 6.11. The van der Waals surface area contributed by atoms with E-state index < -0.39 is 10.0 Å². The summed E-state index contributed by atoms with van der Waals surface area (Å²) in [6, 6.07) is 4.86. The second-order valence-corrected chi connectivity index (χ2v) is 11.6. The molecular formula is C21H34N3O4S+. The van der Waals surface area contributed by atoms with Crippen LogP contribution in [0.3, 0.4) is 0 Å². The first-order valence-electron chi connectivity index (χ1n) is 10.3. The number of hydrogen-bond donors (Lipinski definition) is 2. The lowest BCUT2D eigenvalue weighted by Gasteiger charge is -2.43. The molecular weight excluding hydrogens is 390 g/mol. The fourth-order valence-electron chi connectivity index (χ4n) is 4.83. The molecule has 2 fully saturated rings. The first kappa shape index (κ1) is 22.2. The minimum absolute atomic E-state index is 0.0380. The van der Waals surface area contributed by atoms with Crippen molar-refractivity contribution < 1.29 is 23.3 Å². The van der Waals surface area contributed by atoms with Gasteiger partial charge in [-0.05, 0) is 52.3 Å². The SMILES string of the molecule is Cc1ccc(S(=O)(=O)N2CCOCC2)cc1C(=O)NC1CC(C)(C)[NH2+]C(C)(C)C1. The molecule has 2 heterocycles. The largest absolute Gasteiger partial charge is 0.379 e. The van der Waals surface area contributed by atoms with Gasteiger partial charge in [0.2, 0.25) is 10.0 Å². The average molecular weight is 425 g/mol. The van der Waals surface area contributed by atoms with E-state index in [9.17, 15) is 13.2 Å². The predicted octanol–water partition coefficient (Wildman–Crippen LogP) is 1.03. The molecule has 7 nitrogen and oxygen atoms in total. The van der Waals surface area contributed by atoms with E-state index in [0.29, 0.717) is 31.9 Å². The Labute approximate surface area is 174 Å². The molecule has 8 heteroatoms. The van der Waals surface area contributed by atoms with Crippen molar-refractivity contribution in [2.45, 2.75) is 69.5 Å². The molecule has 0 bridgehead atoms. The number of piperidine rings is 1. The summed E-state index contributed by atoms with van der Waals surface area (Å²) in [6.07, 6.45) is 1.74. The molecule has 0 aliphatic carbocycles. The van der Waals surface area contributed by atoms with Crippen LogP contribution < -0.4 is 10.6 Å². The number of sulfonamides is 1. The van der Waals surface area contributed by atoms with E-state index in [1.54, 1.807) is 12.1 Å². The summed E-state index contributed by atoms with van der Waals surface area (Å²) in [5.74, 6) is -0.208. The maximum absolute atomic E-state index is 13.1. The number of nitrogens with two attached hydrogens (primary N) is 1. The third-order valence-electron chi connectivity index (χ3n) is 5.72. The topological polar surface area (TPSA) is 92.3 Å². The van der Waals surface area contributed by atoms with E-state index in [4.69, 9.17) is 4.74 Å². The van der Waals surface area contributed by atoms with Crippen LogP contribution in [0.4, 0.5) is 0 Å². The molecule has 29 heavy (non-hydrogen) atoms. The van der Waals surface area contributed by atoms with Crippen LogP contribution in [0.15, 0.2) is 23.1 Å². The number of morpholine rings is 1. The first-order valence-corrected chi connectivity index (χ1v) is 11.7. The minimum Gasteiger partial charge on any atom is -0.379 e. The number of nitrogens with one attached hydrogen (secondary N) is 1. The third-order valence-corrected chi connectivity index (χ3v) is 7.62. The number of amides is 1. The van der Waals surface area contributed by atoms with Gasteiger partial charge in [0.25, 0.3) is 5.91 Å². The van der Waals surface area contributed by atoms with E-state index in [1.165, 1.54) is 10.4 Å². The summed E-state index contributed by atoms with van der Waals surface area (Å²) >= 11 is 0. The standard InChI is InChI=1S/C21H33N3O4S/c1-15-6-7-17(29(26,27)24-8-10-28-11-9-24)12-18(15)19(25)22-16-13-20(2,3)23-21(4,5)14-16/h6-7,12,16,23H,8-11,13-14H2,1-5H3,(H,22,25)/p+1. The molecule has 0 aromatic heterocycles. The van der Waals surface area contributed by atoms with Crippen molar-refractivity contribution in [2.75, 3.05) is 26.3 Å². The van der Waals surface area contributed by atoms with Crippen LogP contribution in [-0.4, -0.2) is 62.1 Å². The van der Waals surface area contributed by atoms with Crippen LogP contribution in [-0.2, 0) is 14.8 Å². The van der Waals surface area contributed by atoms with Crippen molar-refractivity contribution in [3.63, 3.8) is 0 Å². The van der Waals surface area contributed by atoms with Gasteiger partial charge in [-0.2, -0.15) is 4.31 Å². The van der Waals surface area contributed by atoms with Gasteiger partial charge in [0.15, 0.2) is 0 Å². The fraction of sp³-hybridized carbons (Fsp3) is 0.667. The number of benzene rings is 1. The zero-order valence-electron chi connectivity index (χ0n) is 18.1. The zero-order chi connectivity index (χ0) is 21.4. The Morgan fingerprint density at radius 2 is 1.72 bits per heavy atom. The van der Waals surface area contributed by atoms with Gasteiger partial charge in [-0.1, -0.05) is 6.07 Å². The number of carbonyl (C=O) groups is 1. The van der Waals surface area contributed by atoms with Crippen LogP contribution in [0.1, 0.15) is 56.5 Å². The van der Waals surface area contributed by atoms with Gasteiger partial charge in [0.1, 0.15) is 0 Å². The van der Waals surface area contributed by atoms with Crippen molar-refractivity contribution >= 4 is 15.9 Å². The van der Waals surface area contributed by atoms with Crippen LogP contribution in [0.25, 0.3) is 0 Å². The summed E-state index contributed by atoms with van der Waals surface area (Å²) in [6.45, 7) is 12.0. The number of carbonyl (C=O) groups excluding carboxylic acids is 1. The molecule has 2 saturated heterocycles. The molecule has 0 unspecified atom stereocenters. The van der Waals surface area contributed by atoms with E-state index >= 15 is 0 Å². The molecule has 162 valence electrons. The number of ether oxygens (including phenoxy) is 1. The lowest BCUT2D eigenvalue weighted by molar-refractivity contribution is -0.787. The molecule has 0 saturated carbocycles. The number of quaternary nitrogens is 1. The van der Waals surface area contributed by atoms with Gasteiger partial charge < -0.3 is 15.4 Å². The highest BCUT2D eigenvalue weighted by Gasteiger charge is 2.42. The van der Waals surface area contributed by atoms with Crippen LogP contribution in [0, 0.1) is 6.92 Å². The minimum atomic E-state index is -3.64. The monoisotopic (exact) mass is 424 g/mol. The van der Waals surface area contributed by atoms with Gasteiger partial charge >= 0.3 is 0 Å². The summed E-state index contributed by atoms with van der Waals surface area (Å²) in [5.41, 5.74) is 1.26. The number of aryl methyl sites for hydroxylation is 1. The van der Waals surface area contributed by atoms with E-state index in [1.807, 2.05) is 6.92 Å². The van der Waals surface area contributed by atoms with E-state index in [0.717, 1.165) is 18.4 Å². The smallest absolute Gasteiger partial charge is 0.251 e. The molecule has 1 aromatic carbocycles. The Morgan fingerprint density at radius 1 is 1.14 bits per heavy atom. The van der Waals surface area contributed by atoms with Crippen molar-refractivity contribution in [3.8, 4) is 0 Å². The molecule has 0 atom stereocenters. The van der Waals surface area contributed by atoms with Gasteiger partial charge in [-0.3, -0.25) is 4.79 Å². The van der Waals surface area contributed by atoms with Gasteiger partial charge in [-0.15, -0.1) is 0 Å². The quantitative estimate of drug-likeness (QED) is 0.755. The lowest BCUT2D eigenvalue weighted by atomic mass is 9.79. The van der Waals surface area contributed by atoms with Gasteiger partial charge in [-0.25, -0.2) is 8.42 Å². The average Bonchev–Trinajstić information content (AvgIpc) is 2.59. The summed E-state index contributed by atoms with van der Waals surface area (Å²) in [7, 11) is -3.64. The maximum Gasteiger partial charge on any atom is 0.251 e. The van der Waals surface area contributed by atoms with Crippen molar-refractivity contribution in [1.82, 2.24) is 9.62 Å². The van der Waals surface area contributed by atoms with Crippen LogP contribution in [0.5, 0.6) is 0 Å². The zero-order valence-corrected chi connectivity index (χ0v) is 18.9. The Hall–Kier alpha value is -1.48. The maximum atomic E-state index is 13.1. The number of nitrogens with zero attached hydrogens (tertiary/aromatic N) is 1. The summed E-state index contributed by atoms with van der Waals surface area (Å²) in [5, 5.41) is 5.52. The highest BCUT2D eigenvalue weighted by Crippen LogP contribution is 2.24. The Balaban J connectivity index is 1.81. The van der Waals surface area contributed by atoms with Crippen molar-refractivity contribution in [2.24, 2.45) is 0 Å². The predicted molar refractivity (Wildman–Crippen MR) is 111 cm³/mol. The molecule has 3 rings (SSSR count). The molecule has 0 spiro atoms. The molecule has 2 aliphatic rings. The molecule has 2 aliphatic heterocycles. The first-order chi connectivity index (χ1) is 13.4. The third kappa shape index (κ3) is 5.17. The van der Waals surface area contributed by atoms with Gasteiger partial charge in [0, 0.05) is 37.5 Å². The van der Waals surface area contributed by atoms with E-state index in [2.05, 4.69) is 38.3 Å². The lowest BCUT2D eigenvalue weighted by Crippen LogP contribution is -3.06. The highest BCUT2D eigenvalue weighted by atomic mass is 32.2. The fourth-order valence-corrected chi connectivity index (χ4v) is 6.26. The Morgan fingerprint density at radius 3 is 2.31 bits per heavy atom. The molecule has 0 radical (unpaired) electrons. The van der Waals surface area contributed by atoms with Crippen molar-refractivity contribution in [3.05, 3.63) is 29.3 Å². The van der Waals surface area contributed by atoms with Crippen LogP contribution >= 0.6 is 0 Å². The van der Waals surface area contributed by atoms with Crippen molar-refractivity contribution in [1.29, 1.82) is 0 Å². The second-order valence-electron chi connectivity index (χ2n) is 9.69. The number of rotatable bonds is 4. The normalized spacial score (nSPS) is 22.9. The molecule has 1 amide bonds. The van der Waals surface area contributed by atoms with Crippen LogP contribution in [0.2, 0.25) is 0 Å². The van der Waals surface area contributed by atoms with E-state index in [-0.39, 0.29) is 27.9 Å². The molecule has 3 N–H and O–H groups in total. The molecule has 1 aromatic rings. The summed E-state index contributed by atoms with van der Waals surface area (Å²) < 4.78 is 32.6. The number of hydrogen-bond acceptors (Lipinski definition) is 4. The summed E-state index contributed by atoms with van der Waals surface area (Å²) in [4.78, 5) is 13.2.